The van der Waals surface area contributed by atoms with E-state index in [0.29, 0.717) is 120 Å². The Labute approximate surface area is 323 Å². The van der Waals surface area contributed by atoms with Crippen molar-refractivity contribution in [2.24, 2.45) is 0 Å². The summed E-state index contributed by atoms with van der Waals surface area (Å²) in [5.41, 5.74) is 0. The Balaban J connectivity index is 1.25. The Morgan fingerprint density at radius 3 is 0.550 bits per heavy atom. The fourth-order valence-corrected chi connectivity index (χ4v) is 49.3. The third-order valence-corrected chi connectivity index (χ3v) is 45.4. The van der Waals surface area contributed by atoms with Crippen molar-refractivity contribution in [1.82, 2.24) is 0 Å². The van der Waals surface area contributed by atoms with Crippen LogP contribution in [0.25, 0.3) is 0 Å². The Morgan fingerprint density at radius 1 is 0.250 bits per heavy atom. The molecule has 0 aromatic heterocycles. The zero-order valence-electron chi connectivity index (χ0n) is 21.0. The average Bonchev–Trinajstić information content (AvgIpc) is 3.73. The van der Waals surface area contributed by atoms with Gasteiger partial charge >= 0.3 is 329 Å². The fraction of sp³-hybridized carbons (Fsp3) is 0.500. The first-order valence-corrected chi connectivity index (χ1v) is 35.8. The van der Waals surface area contributed by atoms with Gasteiger partial charge in [0.25, 0.3) is 0 Å². The third kappa shape index (κ3) is 8.94. The predicted molar refractivity (Wildman–Crippen MR) is 206 cm³/mol. The van der Waals surface area contributed by atoms with Crippen LogP contribution in [-0.4, -0.2) is 120 Å². The van der Waals surface area contributed by atoms with Crippen molar-refractivity contribution >= 4 is 214 Å². The van der Waals surface area contributed by atoms with Gasteiger partial charge in [0, 0.05) is 0 Å². The van der Waals surface area contributed by atoms with Crippen LogP contribution in [-0.2, 0) is 0 Å². The van der Waals surface area contributed by atoms with Crippen molar-refractivity contribution in [3.63, 3.8) is 0 Å². The van der Waals surface area contributed by atoms with E-state index in [9.17, 15) is 0 Å². The molecule has 12 bridgehead atoms. The Kier molecular flexibility index (Phi) is 14.7. The van der Waals surface area contributed by atoms with Crippen molar-refractivity contribution in [3.05, 3.63) is 47.4 Å². The molecule has 8 heterocycles. The molecule has 8 aliphatic rings. The van der Waals surface area contributed by atoms with Gasteiger partial charge in [0.05, 0.1) is 0 Å². The van der Waals surface area contributed by atoms with E-state index in [-0.39, 0.29) is 0 Å². The molecule has 40 heavy (non-hydrogen) atoms. The van der Waals surface area contributed by atoms with E-state index in [0.717, 1.165) is 0 Å². The van der Waals surface area contributed by atoms with Crippen LogP contribution >= 0.6 is 94.1 Å². The molecule has 0 aliphatic carbocycles. The SMILES string of the molecule is C1C[Se]C2=C3SC(=C4SC5=C(S4)[Se]CCC[Se]C4=C(SC(=C6SC(=C(S6)[Se]CCC[Se]5)[Se]C1)S4)[Se]CCC[Se]3)S2. The van der Waals surface area contributed by atoms with Crippen LogP contribution in [0.3, 0.4) is 0 Å². The molecular formula is C24H24S8Se8. The van der Waals surface area contributed by atoms with Gasteiger partial charge in [-0.05, 0) is 0 Å². The number of thioether (sulfide) groups is 8. The van der Waals surface area contributed by atoms with Gasteiger partial charge in [-0.1, -0.05) is 0 Å². The van der Waals surface area contributed by atoms with Gasteiger partial charge in [-0.25, -0.2) is 0 Å². The fourth-order valence-electron chi connectivity index (χ4n) is 3.69. The van der Waals surface area contributed by atoms with Crippen LogP contribution < -0.4 is 0 Å². The topological polar surface area (TPSA) is 0 Å². The van der Waals surface area contributed by atoms with Gasteiger partial charge in [0.2, 0.25) is 0 Å². The average molecular weight is 1200 g/mol. The van der Waals surface area contributed by atoms with Crippen molar-refractivity contribution in [2.75, 3.05) is 0 Å². The number of rotatable bonds is 0. The summed E-state index contributed by atoms with van der Waals surface area (Å²) in [6, 6.07) is 0. The van der Waals surface area contributed by atoms with E-state index in [4.69, 9.17) is 0 Å². The second kappa shape index (κ2) is 17.4. The molecule has 216 valence electrons. The first-order chi connectivity index (χ1) is 19.8. The van der Waals surface area contributed by atoms with Crippen LogP contribution in [0.2, 0.25) is 42.6 Å². The standard InChI is InChI=1S/C24H24S8Se8/c1-5-33-17-19-27-13(25-17)16-30-22-24(32-16)40-12-4-11-39-23-21(37-9-2-7-35-19)29-15(31-23)14-26-18(34-6-1)20(28-14)36-8-3-10-38-22/h1-12H2. The molecule has 0 unspecified atom stereocenters. The summed E-state index contributed by atoms with van der Waals surface area (Å²) in [7, 11) is 0. The van der Waals surface area contributed by atoms with Gasteiger partial charge in [-0.2, -0.15) is 0 Å². The molecule has 0 amide bonds. The molecule has 0 fully saturated rings. The molecule has 0 N–H and O–H groups in total. The van der Waals surface area contributed by atoms with E-state index in [1.165, 1.54) is 68.2 Å². The van der Waals surface area contributed by atoms with Gasteiger partial charge in [-0.15, -0.1) is 0 Å². The maximum absolute atomic E-state index is 2.25. The van der Waals surface area contributed by atoms with Crippen LogP contribution in [0.4, 0.5) is 0 Å². The Bertz CT molecular complexity index is 973. The normalized spacial score (nSPS) is 27.6. The monoisotopic (exact) mass is 1210 g/mol. The summed E-state index contributed by atoms with van der Waals surface area (Å²) in [6.45, 7) is 0. The van der Waals surface area contributed by atoms with Crippen LogP contribution in [0.5, 0.6) is 0 Å². The number of fused-ring (bicyclic) bond motifs is 16. The Hall–Kier alpha value is 5.40. The number of hydrogen-bond acceptors (Lipinski definition) is 8. The molecule has 0 saturated heterocycles. The molecule has 0 aromatic rings. The zero-order valence-corrected chi connectivity index (χ0v) is 41.3. The van der Waals surface area contributed by atoms with Gasteiger partial charge in [-0.3, -0.25) is 0 Å². The summed E-state index contributed by atoms with van der Waals surface area (Å²) in [4.78, 5) is 0. The van der Waals surface area contributed by atoms with E-state index >= 15 is 0 Å². The maximum atomic E-state index is 2.25. The molecular weight excluding hydrogens is 1180 g/mol. The van der Waals surface area contributed by atoms with Crippen molar-refractivity contribution in [1.29, 1.82) is 0 Å². The molecule has 0 atom stereocenters. The van der Waals surface area contributed by atoms with Gasteiger partial charge in [0.15, 0.2) is 0 Å². The summed E-state index contributed by atoms with van der Waals surface area (Å²) >= 11 is 23.5. The third-order valence-electron chi connectivity index (χ3n) is 5.50. The molecule has 8 rings (SSSR count). The second-order valence-corrected chi connectivity index (χ2v) is 40.9. The minimum atomic E-state index is 0.688. The van der Waals surface area contributed by atoms with E-state index in [2.05, 4.69) is 94.1 Å². The van der Waals surface area contributed by atoms with Gasteiger partial charge in [0.1, 0.15) is 0 Å². The van der Waals surface area contributed by atoms with E-state index < -0.39 is 0 Å². The second-order valence-electron chi connectivity index (χ2n) is 8.47. The van der Waals surface area contributed by atoms with E-state index in [1.807, 2.05) is 30.4 Å². The predicted octanol–water partition coefficient (Wildman–Crippen LogP) is 9.25. The van der Waals surface area contributed by atoms with Crippen molar-refractivity contribution < 1.29 is 0 Å². The summed E-state index contributed by atoms with van der Waals surface area (Å²) in [5, 5.41) is 11.7. The van der Waals surface area contributed by atoms with Crippen molar-refractivity contribution in [2.45, 2.75) is 68.2 Å². The van der Waals surface area contributed by atoms with Gasteiger partial charge < -0.3 is 0 Å². The molecule has 0 nitrogen and oxygen atoms in total. The van der Waals surface area contributed by atoms with Crippen LogP contribution in [0.15, 0.2) is 47.4 Å². The van der Waals surface area contributed by atoms with Crippen LogP contribution in [0, 0.1) is 0 Å². The molecule has 0 spiro atoms. The summed E-state index contributed by atoms with van der Waals surface area (Å²) < 4.78 is 21.6. The quantitative estimate of drug-likeness (QED) is 0.218. The molecule has 0 aromatic carbocycles. The van der Waals surface area contributed by atoms with Crippen molar-refractivity contribution in [3.8, 4) is 0 Å². The molecule has 8 aliphatic heterocycles. The molecule has 0 saturated carbocycles. The number of hydrogen-bond donors (Lipinski definition) is 0. The minimum absolute atomic E-state index is 0.688. The zero-order chi connectivity index (χ0) is 26.7. The van der Waals surface area contributed by atoms with E-state index in [1.54, 1.807) is 16.9 Å². The summed E-state index contributed by atoms with van der Waals surface area (Å²) in [5.74, 6) is 0. The first kappa shape index (κ1) is 33.9. The molecule has 16 heteroatoms. The summed E-state index contributed by atoms with van der Waals surface area (Å²) in [6.07, 6.45) is 5.82. The molecule has 0 radical (unpaired) electrons. The Morgan fingerprint density at radius 2 is 0.400 bits per heavy atom. The first-order valence-electron chi connectivity index (χ1n) is 12.7. The van der Waals surface area contributed by atoms with Crippen LogP contribution in [0.1, 0.15) is 25.7 Å².